The first-order valence-corrected chi connectivity index (χ1v) is 11.5. The molecule has 0 spiro atoms. The van der Waals surface area contributed by atoms with Gasteiger partial charge in [-0.3, -0.25) is 4.79 Å². The van der Waals surface area contributed by atoms with Crippen molar-refractivity contribution in [2.75, 3.05) is 14.2 Å². The maximum absolute atomic E-state index is 13.0. The third-order valence-corrected chi connectivity index (χ3v) is 6.78. The van der Waals surface area contributed by atoms with E-state index < -0.39 is 16.1 Å². The zero-order valence-electron chi connectivity index (χ0n) is 17.3. The topological polar surface area (TPSA) is 93.7 Å². The normalized spacial score (nSPS) is 15.5. The lowest BCUT2D eigenvalue weighted by atomic mass is 10.0. The number of ether oxygens (including phenoxy) is 2. The van der Waals surface area contributed by atoms with Gasteiger partial charge in [-0.2, -0.15) is 0 Å². The van der Waals surface area contributed by atoms with Crippen LogP contribution in [-0.4, -0.2) is 34.6 Å². The van der Waals surface area contributed by atoms with Crippen LogP contribution in [0.25, 0.3) is 0 Å². The van der Waals surface area contributed by atoms with E-state index in [1.54, 1.807) is 43.5 Å². The highest BCUT2D eigenvalue weighted by Gasteiger charge is 2.25. The van der Waals surface area contributed by atoms with Gasteiger partial charge in [-0.1, -0.05) is 25.0 Å². The van der Waals surface area contributed by atoms with Gasteiger partial charge in [-0.25, -0.2) is 13.1 Å². The second kappa shape index (κ2) is 9.95. The summed E-state index contributed by atoms with van der Waals surface area (Å²) >= 11 is 0. The number of hydrogen-bond acceptors (Lipinski definition) is 5. The maximum Gasteiger partial charge on any atom is 0.241 e. The Labute approximate surface area is 177 Å². The van der Waals surface area contributed by atoms with E-state index in [-0.39, 0.29) is 23.3 Å². The molecule has 0 aromatic heterocycles. The Balaban J connectivity index is 1.80. The minimum atomic E-state index is -3.84. The minimum Gasteiger partial charge on any atom is -0.497 e. The molecular formula is C22H28N2O5S. The highest BCUT2D eigenvalue weighted by molar-refractivity contribution is 7.89. The second-order valence-corrected chi connectivity index (χ2v) is 9.09. The molecule has 1 amide bonds. The van der Waals surface area contributed by atoms with Crippen molar-refractivity contribution in [2.24, 2.45) is 0 Å². The summed E-state index contributed by atoms with van der Waals surface area (Å²) in [6.07, 6.45) is 4.17. The largest absolute Gasteiger partial charge is 0.497 e. The summed E-state index contributed by atoms with van der Waals surface area (Å²) in [7, 11) is -0.756. The standard InChI is InChI=1S/C22H28N2O5S/c1-28-18-9-7-16(8-10-18)21(15-22(25)23-17-5-3-4-6-17)24-30(26,27)20-13-11-19(29-2)12-14-20/h7-14,17,21,24H,3-6,15H2,1-2H3,(H,23,25). The van der Waals surface area contributed by atoms with Crippen molar-refractivity contribution in [3.63, 3.8) is 0 Å². The molecule has 2 aromatic carbocycles. The van der Waals surface area contributed by atoms with Gasteiger partial charge < -0.3 is 14.8 Å². The zero-order chi connectivity index (χ0) is 21.6. The van der Waals surface area contributed by atoms with Crippen molar-refractivity contribution >= 4 is 15.9 Å². The van der Waals surface area contributed by atoms with Crippen LogP contribution < -0.4 is 19.5 Å². The number of hydrogen-bond donors (Lipinski definition) is 2. The Morgan fingerprint density at radius 1 is 0.967 bits per heavy atom. The van der Waals surface area contributed by atoms with Gasteiger partial charge in [-0.15, -0.1) is 0 Å². The summed E-state index contributed by atoms with van der Waals surface area (Å²) in [5.74, 6) is 1.06. The lowest BCUT2D eigenvalue weighted by Gasteiger charge is -2.21. The summed E-state index contributed by atoms with van der Waals surface area (Å²) in [6, 6.07) is 12.6. The molecule has 1 atom stereocenters. The molecule has 1 aliphatic rings. The number of carbonyl (C=O) groups excluding carboxylic acids is 1. The average molecular weight is 433 g/mol. The molecule has 0 aliphatic heterocycles. The molecule has 1 aliphatic carbocycles. The monoisotopic (exact) mass is 432 g/mol. The van der Waals surface area contributed by atoms with Crippen LogP contribution in [-0.2, 0) is 14.8 Å². The summed E-state index contributed by atoms with van der Waals surface area (Å²) in [4.78, 5) is 12.7. The van der Waals surface area contributed by atoms with E-state index in [0.29, 0.717) is 17.1 Å². The van der Waals surface area contributed by atoms with E-state index in [9.17, 15) is 13.2 Å². The Morgan fingerprint density at radius 3 is 2.03 bits per heavy atom. The van der Waals surface area contributed by atoms with Crippen LogP contribution in [0, 0.1) is 0 Å². The number of rotatable bonds is 9. The summed E-state index contributed by atoms with van der Waals surface area (Å²) in [6.45, 7) is 0. The molecular weight excluding hydrogens is 404 g/mol. The molecule has 7 nitrogen and oxygen atoms in total. The van der Waals surface area contributed by atoms with Crippen molar-refractivity contribution in [3.8, 4) is 11.5 Å². The molecule has 3 rings (SSSR count). The zero-order valence-corrected chi connectivity index (χ0v) is 18.1. The van der Waals surface area contributed by atoms with Gasteiger partial charge in [0.25, 0.3) is 0 Å². The number of carbonyl (C=O) groups is 1. The summed E-state index contributed by atoms with van der Waals surface area (Å²) in [5, 5.41) is 3.03. The fourth-order valence-corrected chi connectivity index (χ4v) is 4.84. The molecule has 2 N–H and O–H groups in total. The third kappa shape index (κ3) is 5.73. The lowest BCUT2D eigenvalue weighted by Crippen LogP contribution is -2.37. The van der Waals surface area contributed by atoms with Gasteiger partial charge in [0.2, 0.25) is 15.9 Å². The van der Waals surface area contributed by atoms with Crippen LogP contribution >= 0.6 is 0 Å². The molecule has 30 heavy (non-hydrogen) atoms. The van der Waals surface area contributed by atoms with Crippen LogP contribution in [0.1, 0.15) is 43.7 Å². The fourth-order valence-electron chi connectivity index (χ4n) is 3.62. The molecule has 0 bridgehead atoms. The first kappa shape index (κ1) is 22.1. The van der Waals surface area contributed by atoms with E-state index in [0.717, 1.165) is 25.7 Å². The van der Waals surface area contributed by atoms with Crippen LogP contribution in [0.5, 0.6) is 11.5 Å². The van der Waals surface area contributed by atoms with Gasteiger partial charge in [0, 0.05) is 12.5 Å². The third-order valence-electron chi connectivity index (χ3n) is 5.30. The van der Waals surface area contributed by atoms with Crippen LogP contribution in [0.3, 0.4) is 0 Å². The van der Waals surface area contributed by atoms with Crippen LogP contribution in [0.4, 0.5) is 0 Å². The highest BCUT2D eigenvalue weighted by atomic mass is 32.2. The Morgan fingerprint density at radius 2 is 1.50 bits per heavy atom. The van der Waals surface area contributed by atoms with Gasteiger partial charge in [0.05, 0.1) is 25.2 Å². The molecule has 162 valence electrons. The molecule has 1 saturated carbocycles. The SMILES string of the molecule is COc1ccc(C(CC(=O)NC2CCCC2)NS(=O)(=O)c2ccc(OC)cc2)cc1. The van der Waals surface area contributed by atoms with Gasteiger partial charge in [0.15, 0.2) is 0 Å². The van der Waals surface area contributed by atoms with Crippen molar-refractivity contribution in [1.29, 1.82) is 0 Å². The summed E-state index contributed by atoms with van der Waals surface area (Å²) in [5.41, 5.74) is 0.689. The number of nitrogens with one attached hydrogen (secondary N) is 2. The number of amides is 1. The predicted octanol–water partition coefficient (Wildman–Crippen LogP) is 3.17. The van der Waals surface area contributed by atoms with Crippen molar-refractivity contribution < 1.29 is 22.7 Å². The van der Waals surface area contributed by atoms with Gasteiger partial charge in [-0.05, 0) is 54.8 Å². The quantitative estimate of drug-likeness (QED) is 0.635. The number of benzene rings is 2. The van der Waals surface area contributed by atoms with E-state index in [4.69, 9.17) is 9.47 Å². The Hall–Kier alpha value is -2.58. The fraction of sp³-hybridized carbons (Fsp3) is 0.409. The molecule has 1 fully saturated rings. The van der Waals surface area contributed by atoms with E-state index >= 15 is 0 Å². The highest BCUT2D eigenvalue weighted by Crippen LogP contribution is 2.25. The molecule has 0 heterocycles. The van der Waals surface area contributed by atoms with E-state index in [1.807, 2.05) is 0 Å². The van der Waals surface area contributed by atoms with Crippen molar-refractivity contribution in [2.45, 2.75) is 49.1 Å². The van der Waals surface area contributed by atoms with Crippen molar-refractivity contribution in [3.05, 3.63) is 54.1 Å². The first-order chi connectivity index (χ1) is 14.4. The molecule has 8 heteroatoms. The minimum absolute atomic E-state index is 0.0121. The van der Waals surface area contributed by atoms with Gasteiger partial charge >= 0.3 is 0 Å². The number of methoxy groups -OCH3 is 2. The second-order valence-electron chi connectivity index (χ2n) is 7.38. The molecule has 0 saturated heterocycles. The van der Waals surface area contributed by atoms with Crippen molar-refractivity contribution in [1.82, 2.24) is 10.0 Å². The number of sulfonamides is 1. The molecule has 0 radical (unpaired) electrons. The predicted molar refractivity (Wildman–Crippen MR) is 114 cm³/mol. The van der Waals surface area contributed by atoms with E-state index in [2.05, 4.69) is 10.0 Å². The van der Waals surface area contributed by atoms with Gasteiger partial charge in [0.1, 0.15) is 11.5 Å². The molecule has 1 unspecified atom stereocenters. The average Bonchev–Trinajstić information content (AvgIpc) is 3.26. The van der Waals surface area contributed by atoms with E-state index in [1.165, 1.54) is 19.2 Å². The maximum atomic E-state index is 13.0. The smallest absolute Gasteiger partial charge is 0.241 e. The lowest BCUT2D eigenvalue weighted by molar-refractivity contribution is -0.122. The molecule has 2 aromatic rings. The summed E-state index contributed by atoms with van der Waals surface area (Å²) < 4.78 is 38.9. The van der Waals surface area contributed by atoms with Crippen LogP contribution in [0.2, 0.25) is 0 Å². The first-order valence-electron chi connectivity index (χ1n) is 10.0. The van der Waals surface area contributed by atoms with Crippen LogP contribution in [0.15, 0.2) is 53.4 Å². The Bertz CT molecular complexity index is 936. The Kier molecular flexibility index (Phi) is 7.33.